The van der Waals surface area contributed by atoms with Crippen LogP contribution in [0.4, 0.5) is 5.69 Å². The second-order valence-electron chi connectivity index (χ2n) is 5.29. The maximum Gasteiger partial charge on any atom is 0.240 e. The van der Waals surface area contributed by atoms with Crippen LogP contribution in [0.2, 0.25) is 0 Å². The number of benzene rings is 1. The van der Waals surface area contributed by atoms with Crippen LogP contribution in [-0.2, 0) is 16.4 Å². The summed E-state index contributed by atoms with van der Waals surface area (Å²) >= 11 is 0. The maximum atomic E-state index is 12.2. The van der Waals surface area contributed by atoms with E-state index >= 15 is 0 Å². The van der Waals surface area contributed by atoms with E-state index in [0.717, 1.165) is 37.1 Å². The van der Waals surface area contributed by atoms with Crippen LogP contribution in [0.1, 0.15) is 25.3 Å². The molecule has 0 aromatic heterocycles. The van der Waals surface area contributed by atoms with Crippen LogP contribution >= 0.6 is 0 Å². The third-order valence-corrected chi connectivity index (χ3v) is 5.23. The van der Waals surface area contributed by atoms with Gasteiger partial charge in [0.2, 0.25) is 10.0 Å². The van der Waals surface area contributed by atoms with Gasteiger partial charge in [-0.2, -0.15) is 0 Å². The lowest BCUT2D eigenvalue weighted by Gasteiger charge is -2.18. The number of sulfonamides is 1. The molecular weight excluding hydrogens is 248 g/mol. The molecule has 1 fully saturated rings. The summed E-state index contributed by atoms with van der Waals surface area (Å²) in [4.78, 5) is 0.393. The lowest BCUT2D eigenvalue weighted by molar-refractivity contribution is 0.578. The highest BCUT2D eigenvalue weighted by molar-refractivity contribution is 7.89. The largest absolute Gasteiger partial charge is 0.385 e. The first-order valence-corrected chi connectivity index (χ1v) is 7.94. The predicted molar refractivity (Wildman–Crippen MR) is 71.1 cm³/mol. The Bertz CT molecular complexity index is 568. The molecule has 1 aliphatic heterocycles. The van der Waals surface area contributed by atoms with Gasteiger partial charge in [-0.3, -0.25) is 0 Å². The monoisotopic (exact) mass is 266 g/mol. The van der Waals surface area contributed by atoms with Crippen LogP contribution in [0.15, 0.2) is 23.1 Å². The zero-order chi connectivity index (χ0) is 12.8. The van der Waals surface area contributed by atoms with E-state index in [2.05, 4.69) is 17.0 Å². The molecule has 18 heavy (non-hydrogen) atoms. The molecule has 0 amide bonds. The Morgan fingerprint density at radius 2 is 2.17 bits per heavy atom. The molecular formula is C13H18N2O2S. The molecule has 5 heteroatoms. The number of fused-ring (bicyclic) bond motifs is 1. The molecule has 3 rings (SSSR count). The van der Waals surface area contributed by atoms with E-state index < -0.39 is 10.0 Å². The minimum absolute atomic E-state index is 0.129. The fraction of sp³-hybridized carbons (Fsp3) is 0.538. The molecule has 2 N–H and O–H groups in total. The number of aryl methyl sites for hydroxylation is 1. The van der Waals surface area contributed by atoms with E-state index in [0.29, 0.717) is 10.8 Å². The van der Waals surface area contributed by atoms with Gasteiger partial charge in [0.25, 0.3) is 0 Å². The second-order valence-corrected chi connectivity index (χ2v) is 7.00. The molecule has 1 aliphatic carbocycles. The minimum Gasteiger partial charge on any atom is -0.385 e. The van der Waals surface area contributed by atoms with E-state index in [9.17, 15) is 8.42 Å². The van der Waals surface area contributed by atoms with Crippen molar-refractivity contribution in [3.05, 3.63) is 23.8 Å². The molecule has 2 atom stereocenters. The first kappa shape index (κ1) is 12.0. The number of hydrogen-bond donors (Lipinski definition) is 2. The summed E-state index contributed by atoms with van der Waals surface area (Å²) in [6, 6.07) is 5.49. The standard InChI is InChI=1S/C13H18N2O2S/c1-9-7-13(9)15-18(16,17)11-4-5-12-10(8-11)3-2-6-14-12/h4-5,8-9,13-15H,2-3,6-7H2,1H3. The molecule has 1 aromatic rings. The van der Waals surface area contributed by atoms with Gasteiger partial charge in [0.15, 0.2) is 0 Å². The highest BCUT2D eigenvalue weighted by Crippen LogP contribution is 2.31. The molecule has 0 saturated heterocycles. The van der Waals surface area contributed by atoms with Crippen LogP contribution in [0.3, 0.4) is 0 Å². The van der Waals surface area contributed by atoms with Crippen molar-refractivity contribution < 1.29 is 8.42 Å². The lowest BCUT2D eigenvalue weighted by Crippen LogP contribution is -2.27. The first-order valence-electron chi connectivity index (χ1n) is 6.45. The van der Waals surface area contributed by atoms with Crippen LogP contribution in [-0.4, -0.2) is 21.0 Å². The molecule has 4 nitrogen and oxygen atoms in total. The average molecular weight is 266 g/mol. The fourth-order valence-electron chi connectivity index (χ4n) is 2.37. The van der Waals surface area contributed by atoms with E-state index in [-0.39, 0.29) is 6.04 Å². The fourth-order valence-corrected chi connectivity index (χ4v) is 3.78. The van der Waals surface area contributed by atoms with Gasteiger partial charge in [-0.1, -0.05) is 6.92 Å². The molecule has 98 valence electrons. The summed E-state index contributed by atoms with van der Waals surface area (Å²) in [5, 5.41) is 3.29. The quantitative estimate of drug-likeness (QED) is 0.876. The van der Waals surface area contributed by atoms with Crippen molar-refractivity contribution in [3.8, 4) is 0 Å². The van der Waals surface area contributed by atoms with Crippen molar-refractivity contribution in [2.75, 3.05) is 11.9 Å². The molecule has 0 bridgehead atoms. The molecule has 1 aromatic carbocycles. The number of rotatable bonds is 3. The van der Waals surface area contributed by atoms with Gasteiger partial charge < -0.3 is 5.32 Å². The van der Waals surface area contributed by atoms with E-state index in [1.165, 1.54) is 0 Å². The van der Waals surface area contributed by atoms with Crippen LogP contribution in [0, 0.1) is 5.92 Å². The summed E-state index contributed by atoms with van der Waals surface area (Å²) in [7, 11) is -3.34. The van der Waals surface area contributed by atoms with Crippen molar-refractivity contribution in [2.45, 2.75) is 37.1 Å². The smallest absolute Gasteiger partial charge is 0.240 e. The Morgan fingerprint density at radius 3 is 2.89 bits per heavy atom. The van der Waals surface area contributed by atoms with Crippen molar-refractivity contribution in [1.82, 2.24) is 4.72 Å². The van der Waals surface area contributed by atoms with Crippen molar-refractivity contribution in [2.24, 2.45) is 5.92 Å². The normalized spacial score (nSPS) is 26.3. The Hall–Kier alpha value is -1.07. The van der Waals surface area contributed by atoms with E-state index in [4.69, 9.17) is 0 Å². The first-order chi connectivity index (χ1) is 8.56. The Kier molecular flexibility index (Phi) is 2.83. The van der Waals surface area contributed by atoms with Crippen LogP contribution in [0.25, 0.3) is 0 Å². The number of hydrogen-bond acceptors (Lipinski definition) is 3. The van der Waals surface area contributed by atoms with Gasteiger partial charge in [0.05, 0.1) is 4.90 Å². The summed E-state index contributed by atoms with van der Waals surface area (Å²) in [5.41, 5.74) is 2.17. The summed E-state index contributed by atoms with van der Waals surface area (Å²) < 4.78 is 27.1. The van der Waals surface area contributed by atoms with Crippen molar-refractivity contribution in [1.29, 1.82) is 0 Å². The van der Waals surface area contributed by atoms with Crippen LogP contribution < -0.4 is 10.0 Å². The second kappa shape index (κ2) is 4.24. The molecule has 2 aliphatic rings. The van der Waals surface area contributed by atoms with Gasteiger partial charge in [-0.05, 0) is 48.9 Å². The Labute approximate surface area is 108 Å². The molecule has 1 saturated carbocycles. The number of anilines is 1. The van der Waals surface area contributed by atoms with Gasteiger partial charge in [0, 0.05) is 18.3 Å². The van der Waals surface area contributed by atoms with E-state index in [1.807, 2.05) is 6.07 Å². The molecule has 1 heterocycles. The van der Waals surface area contributed by atoms with Gasteiger partial charge >= 0.3 is 0 Å². The highest BCUT2D eigenvalue weighted by Gasteiger charge is 2.36. The third-order valence-electron chi connectivity index (χ3n) is 3.74. The van der Waals surface area contributed by atoms with Gasteiger partial charge in [-0.15, -0.1) is 0 Å². The van der Waals surface area contributed by atoms with Crippen molar-refractivity contribution in [3.63, 3.8) is 0 Å². The zero-order valence-electron chi connectivity index (χ0n) is 10.4. The average Bonchev–Trinajstić information content (AvgIpc) is 3.03. The zero-order valence-corrected chi connectivity index (χ0v) is 11.3. The van der Waals surface area contributed by atoms with Crippen molar-refractivity contribution >= 4 is 15.7 Å². The minimum atomic E-state index is -3.34. The lowest BCUT2D eigenvalue weighted by atomic mass is 10.0. The van der Waals surface area contributed by atoms with Gasteiger partial charge in [0.1, 0.15) is 0 Å². The highest BCUT2D eigenvalue weighted by atomic mass is 32.2. The Morgan fingerprint density at radius 1 is 1.39 bits per heavy atom. The van der Waals surface area contributed by atoms with Crippen LogP contribution in [0.5, 0.6) is 0 Å². The topological polar surface area (TPSA) is 58.2 Å². The van der Waals surface area contributed by atoms with E-state index in [1.54, 1.807) is 12.1 Å². The van der Waals surface area contributed by atoms with Gasteiger partial charge in [-0.25, -0.2) is 13.1 Å². The maximum absolute atomic E-state index is 12.2. The third kappa shape index (κ3) is 2.24. The molecule has 0 spiro atoms. The SMILES string of the molecule is CC1CC1NS(=O)(=O)c1ccc2c(c1)CCCN2. The molecule has 0 radical (unpaired) electrons. The molecule has 2 unspecified atom stereocenters. The predicted octanol–water partition coefficient (Wildman–Crippen LogP) is 1.73. The summed E-state index contributed by atoms with van der Waals surface area (Å²) in [6.45, 7) is 3.03. The summed E-state index contributed by atoms with van der Waals surface area (Å²) in [6.07, 6.45) is 2.96. The number of nitrogens with one attached hydrogen (secondary N) is 2. The summed E-state index contributed by atoms with van der Waals surface area (Å²) in [5.74, 6) is 0.471. The Balaban J connectivity index is 1.87.